The molecule has 0 fully saturated rings. The van der Waals surface area contributed by atoms with Gasteiger partial charge in [-0.25, -0.2) is 0 Å². The normalized spacial score (nSPS) is 4.36. The molecule has 0 spiro atoms. The Morgan fingerprint density at radius 3 is 0.909 bits per heavy atom. The van der Waals surface area contributed by atoms with E-state index in [-0.39, 0.29) is 109 Å². The van der Waals surface area contributed by atoms with Gasteiger partial charge in [0.05, 0.1) is 0 Å². The van der Waals surface area contributed by atoms with Crippen LogP contribution < -0.4 is 119 Å². The molecule has 0 aromatic rings. The first kappa shape index (κ1) is 29.3. The summed E-state index contributed by atoms with van der Waals surface area (Å²) in [7, 11) is 0. The summed E-state index contributed by atoms with van der Waals surface area (Å²) >= 11 is 0. The molecule has 0 heterocycles. The Morgan fingerprint density at radius 2 is 0.909 bits per heavy atom. The molecule has 0 atom stereocenters. The molecule has 0 aromatic heterocycles. The molecule has 0 rings (SSSR count). The predicted octanol–water partition coefficient (Wildman–Crippen LogP) is -8.05. The van der Waals surface area contributed by atoms with Crippen LogP contribution in [0.2, 0.25) is 0 Å². The maximum atomic E-state index is 8.44. The van der Waals surface area contributed by atoms with Gasteiger partial charge in [0.1, 0.15) is 0 Å². The van der Waals surface area contributed by atoms with Gasteiger partial charge in [-0.3, -0.25) is 0 Å². The van der Waals surface area contributed by atoms with Crippen LogP contribution in [0.4, 0.5) is 9.59 Å². The summed E-state index contributed by atoms with van der Waals surface area (Å²) in [6, 6.07) is 0. The van der Waals surface area contributed by atoms with Crippen LogP contribution >= 0.6 is 0 Å². The second-order valence-corrected chi connectivity index (χ2v) is 0.532. The van der Waals surface area contributed by atoms with E-state index in [1.807, 2.05) is 0 Å². The largest absolute Gasteiger partial charge is 1.00 e. The molecule has 5 N–H and O–H groups in total. The van der Waals surface area contributed by atoms with Crippen molar-refractivity contribution in [1.82, 2.24) is 6.15 Å². The van der Waals surface area contributed by atoms with Crippen LogP contribution in [0.5, 0.6) is 0 Å². The Balaban J connectivity index is -0.0000000171. The molecule has 56 valence electrons. The SMILES string of the molecule is N.O=C([O-])O.O=C([O-])O.[K+].[K+]. The first-order valence-corrected chi connectivity index (χ1v) is 1.26. The molecule has 11 heavy (non-hydrogen) atoms. The monoisotopic (exact) mass is 217 g/mol. The van der Waals surface area contributed by atoms with Crippen molar-refractivity contribution in [2.24, 2.45) is 0 Å². The fourth-order valence-corrected chi connectivity index (χ4v) is 0. The van der Waals surface area contributed by atoms with Gasteiger partial charge in [0.25, 0.3) is 0 Å². The van der Waals surface area contributed by atoms with Crippen molar-refractivity contribution in [2.45, 2.75) is 0 Å². The van der Waals surface area contributed by atoms with Crippen molar-refractivity contribution in [3.05, 3.63) is 0 Å². The Morgan fingerprint density at radius 1 is 0.909 bits per heavy atom. The van der Waals surface area contributed by atoms with E-state index in [2.05, 4.69) is 0 Å². The van der Waals surface area contributed by atoms with Crippen molar-refractivity contribution in [3.8, 4) is 0 Å². The van der Waals surface area contributed by atoms with Gasteiger partial charge in [-0.15, -0.1) is 0 Å². The topological polar surface area (TPSA) is 156 Å². The smallest absolute Gasteiger partial charge is 0.565 e. The average Bonchev–Trinajstić information content (AvgIpc) is 1.25. The quantitative estimate of drug-likeness (QED) is 0.340. The minimum absolute atomic E-state index is 0. The predicted molar refractivity (Wildman–Crippen MR) is 21.1 cm³/mol. The second-order valence-electron chi connectivity index (χ2n) is 0.532. The third-order valence-corrected chi connectivity index (χ3v) is 0. The minimum Gasteiger partial charge on any atom is -0.565 e. The molecule has 0 radical (unpaired) electrons. The fourth-order valence-electron chi connectivity index (χ4n) is 0. The summed E-state index contributed by atoms with van der Waals surface area (Å²) in [5.74, 6) is 0. The maximum absolute atomic E-state index is 8.44. The maximum Gasteiger partial charge on any atom is 1.00 e. The van der Waals surface area contributed by atoms with E-state index >= 15 is 0 Å². The van der Waals surface area contributed by atoms with Gasteiger partial charge >= 0.3 is 103 Å². The molecule has 0 aliphatic rings. The molecular formula is C2H5K2NO6. The van der Waals surface area contributed by atoms with Gasteiger partial charge < -0.3 is 36.2 Å². The molecule has 0 aliphatic carbocycles. The Labute approximate surface area is 148 Å². The van der Waals surface area contributed by atoms with Crippen LogP contribution in [0.1, 0.15) is 0 Å². The molecular weight excluding hydrogens is 212 g/mol. The summed E-state index contributed by atoms with van der Waals surface area (Å²) in [6.45, 7) is 0. The number of rotatable bonds is 0. The summed E-state index contributed by atoms with van der Waals surface area (Å²) in [4.78, 5) is 16.9. The molecule has 0 bridgehead atoms. The third kappa shape index (κ3) is 358. The molecule has 0 saturated heterocycles. The zero-order chi connectivity index (χ0) is 7.15. The van der Waals surface area contributed by atoms with E-state index in [9.17, 15) is 0 Å². The van der Waals surface area contributed by atoms with E-state index in [1.54, 1.807) is 0 Å². The van der Waals surface area contributed by atoms with Crippen LogP contribution in [0.3, 0.4) is 0 Å². The van der Waals surface area contributed by atoms with Crippen LogP contribution in [-0.2, 0) is 0 Å². The molecule has 0 saturated carbocycles. The zero-order valence-corrected chi connectivity index (χ0v) is 12.5. The van der Waals surface area contributed by atoms with E-state index in [4.69, 9.17) is 30.0 Å². The van der Waals surface area contributed by atoms with Gasteiger partial charge in [-0.2, -0.15) is 0 Å². The Hall–Kier alpha value is 1.77. The van der Waals surface area contributed by atoms with Crippen LogP contribution in [0, 0.1) is 0 Å². The van der Waals surface area contributed by atoms with Gasteiger partial charge in [0.2, 0.25) is 12.3 Å². The van der Waals surface area contributed by atoms with Crippen LogP contribution in [0.25, 0.3) is 0 Å². The number of carbonyl (C=O) groups is 2. The van der Waals surface area contributed by atoms with E-state index in [0.29, 0.717) is 0 Å². The summed E-state index contributed by atoms with van der Waals surface area (Å²) in [5, 5.41) is 30.6. The molecule has 7 nitrogen and oxygen atoms in total. The number of carboxylic acid groups (broad SMARTS) is 4. The van der Waals surface area contributed by atoms with Crippen molar-refractivity contribution in [3.63, 3.8) is 0 Å². The second kappa shape index (κ2) is 22.6. The molecule has 0 unspecified atom stereocenters. The van der Waals surface area contributed by atoms with E-state index in [1.165, 1.54) is 0 Å². The van der Waals surface area contributed by atoms with Gasteiger partial charge in [-0.05, 0) is 0 Å². The van der Waals surface area contributed by atoms with Crippen LogP contribution in [0.15, 0.2) is 0 Å². The summed E-state index contributed by atoms with van der Waals surface area (Å²) in [5.41, 5.74) is 0. The third-order valence-electron chi connectivity index (χ3n) is 0. The summed E-state index contributed by atoms with van der Waals surface area (Å²) in [6.07, 6.45) is -4.17. The molecule has 0 amide bonds. The van der Waals surface area contributed by atoms with Gasteiger partial charge in [0, 0.05) is 0 Å². The van der Waals surface area contributed by atoms with Crippen molar-refractivity contribution in [2.75, 3.05) is 0 Å². The van der Waals surface area contributed by atoms with Crippen molar-refractivity contribution >= 4 is 12.3 Å². The van der Waals surface area contributed by atoms with E-state index in [0.717, 1.165) is 0 Å². The number of hydrogen-bond donors (Lipinski definition) is 3. The fraction of sp³-hybridized carbons (Fsp3) is 0. The Kier molecular flexibility index (Phi) is 60.2. The average molecular weight is 217 g/mol. The van der Waals surface area contributed by atoms with Gasteiger partial charge in [0.15, 0.2) is 0 Å². The number of hydrogen-bond acceptors (Lipinski definition) is 5. The van der Waals surface area contributed by atoms with Crippen LogP contribution in [-0.4, -0.2) is 22.5 Å². The molecule has 9 heteroatoms. The molecule has 0 aromatic carbocycles. The minimum atomic E-state index is -2.08. The van der Waals surface area contributed by atoms with Crippen molar-refractivity contribution < 1.29 is 133 Å². The summed E-state index contributed by atoms with van der Waals surface area (Å²) < 4.78 is 0. The Bertz CT molecular complexity index is 76.6. The molecule has 0 aliphatic heterocycles. The standard InChI is InChI=1S/2CH2O3.2K.H3N/c2*2-1(3)4;;;/h2*(H2,2,3,4);;;1H3/q;;2*+1;/p-2. The van der Waals surface area contributed by atoms with Gasteiger partial charge in [-0.1, -0.05) is 0 Å². The van der Waals surface area contributed by atoms with Crippen molar-refractivity contribution in [1.29, 1.82) is 0 Å². The first-order chi connectivity index (χ1) is 3.46. The first-order valence-electron chi connectivity index (χ1n) is 1.26. The zero-order valence-electron chi connectivity index (χ0n) is 6.23. The van der Waals surface area contributed by atoms with E-state index < -0.39 is 12.3 Å².